The average Bonchev–Trinajstić information content (AvgIpc) is 3.80. The van der Waals surface area contributed by atoms with Crippen molar-refractivity contribution in [2.24, 2.45) is 9.98 Å². The van der Waals surface area contributed by atoms with Crippen molar-refractivity contribution in [3.05, 3.63) is 211 Å². The van der Waals surface area contributed by atoms with Crippen LogP contribution >= 0.6 is 0 Å². The van der Waals surface area contributed by atoms with E-state index in [2.05, 4.69) is 203 Å². The molecule has 1 aliphatic rings. The summed E-state index contributed by atoms with van der Waals surface area (Å²) in [7, 11) is 0. The first-order valence-corrected chi connectivity index (χ1v) is 19.6. The second-order valence-electron chi connectivity index (χ2n) is 15.0. The van der Waals surface area contributed by atoms with E-state index in [-0.39, 0.29) is 6.17 Å². The monoisotopic (exact) mass is 742 g/mol. The van der Waals surface area contributed by atoms with E-state index in [1.54, 1.807) is 0 Å². The van der Waals surface area contributed by atoms with E-state index in [1.165, 1.54) is 43.2 Å². The first-order chi connectivity index (χ1) is 28.7. The summed E-state index contributed by atoms with van der Waals surface area (Å²) in [5, 5.41) is 13.2. The number of aliphatic imine (C=N–C) groups is 2. The van der Waals surface area contributed by atoms with E-state index in [1.807, 2.05) is 6.20 Å². The summed E-state index contributed by atoms with van der Waals surface area (Å²) in [6, 6.07) is 66.7. The molecule has 4 heterocycles. The van der Waals surface area contributed by atoms with Crippen molar-refractivity contribution in [3.8, 4) is 11.5 Å². The number of amidine groups is 2. The Morgan fingerprint density at radius 2 is 1.03 bits per heavy atom. The Labute approximate surface area is 333 Å². The molecule has 1 unspecified atom stereocenters. The van der Waals surface area contributed by atoms with Crippen LogP contribution in [0.3, 0.4) is 0 Å². The van der Waals surface area contributed by atoms with Crippen molar-refractivity contribution in [2.45, 2.75) is 6.17 Å². The number of hydrogen-bond donors (Lipinski definition) is 1. The number of fused-ring (bicyclic) bond motifs is 8. The minimum absolute atomic E-state index is 0.339. The molecular formula is C52H34N6. The molecule has 58 heavy (non-hydrogen) atoms. The van der Waals surface area contributed by atoms with Crippen molar-refractivity contribution >= 4 is 76.8 Å². The quantitative estimate of drug-likeness (QED) is 0.191. The molecule has 0 radical (unpaired) electrons. The molecule has 3 aromatic heterocycles. The van der Waals surface area contributed by atoms with Gasteiger partial charge in [-0.2, -0.15) is 0 Å². The van der Waals surface area contributed by atoms with Gasteiger partial charge in [0.2, 0.25) is 0 Å². The fourth-order valence-corrected chi connectivity index (χ4v) is 8.79. The van der Waals surface area contributed by atoms with E-state index in [9.17, 15) is 0 Å². The van der Waals surface area contributed by atoms with E-state index >= 15 is 0 Å². The number of nitrogens with zero attached hydrogens (tertiary/aromatic N) is 5. The fourth-order valence-electron chi connectivity index (χ4n) is 8.79. The summed E-state index contributed by atoms with van der Waals surface area (Å²) < 4.78 is 4.65. The number of rotatable bonds is 5. The Hall–Kier alpha value is -7.83. The third-order valence-corrected chi connectivity index (χ3v) is 11.6. The van der Waals surface area contributed by atoms with Crippen LogP contribution in [0.25, 0.3) is 76.7 Å². The summed E-state index contributed by atoms with van der Waals surface area (Å²) in [5.41, 5.74) is 8.59. The molecule has 8 aromatic carbocycles. The zero-order chi connectivity index (χ0) is 38.2. The first kappa shape index (κ1) is 32.4. The summed E-state index contributed by atoms with van der Waals surface area (Å²) in [6.45, 7) is 0. The molecule has 0 bridgehead atoms. The van der Waals surface area contributed by atoms with Gasteiger partial charge in [0.25, 0.3) is 0 Å². The highest BCUT2D eigenvalue weighted by molar-refractivity contribution is 6.19. The van der Waals surface area contributed by atoms with Gasteiger partial charge in [-0.3, -0.25) is 4.57 Å². The number of nitrogens with one attached hydrogen (secondary N) is 1. The lowest BCUT2D eigenvalue weighted by molar-refractivity contribution is 0.675. The van der Waals surface area contributed by atoms with Crippen molar-refractivity contribution in [3.63, 3.8) is 0 Å². The first-order valence-electron chi connectivity index (χ1n) is 19.6. The Bertz CT molecular complexity index is 3480. The van der Waals surface area contributed by atoms with Gasteiger partial charge in [0, 0.05) is 44.6 Å². The lowest BCUT2D eigenvalue weighted by atomic mass is 10.0. The Morgan fingerprint density at radius 1 is 0.431 bits per heavy atom. The molecule has 0 saturated carbocycles. The van der Waals surface area contributed by atoms with E-state index < -0.39 is 0 Å². The molecule has 0 fully saturated rings. The van der Waals surface area contributed by atoms with Crippen LogP contribution in [0.5, 0.6) is 0 Å². The molecule has 0 amide bonds. The largest absolute Gasteiger partial charge is 0.344 e. The van der Waals surface area contributed by atoms with Gasteiger partial charge >= 0.3 is 0 Å². The topological polar surface area (TPSA) is 59.5 Å². The number of para-hydroxylation sites is 3. The van der Waals surface area contributed by atoms with Crippen LogP contribution in [0.2, 0.25) is 0 Å². The van der Waals surface area contributed by atoms with Crippen LogP contribution in [-0.4, -0.2) is 25.8 Å². The molecule has 0 aliphatic carbocycles. The predicted octanol–water partition coefficient (Wildman–Crippen LogP) is 12.1. The Morgan fingerprint density at radius 3 is 1.76 bits per heavy atom. The molecule has 12 rings (SSSR count). The van der Waals surface area contributed by atoms with Crippen molar-refractivity contribution in [1.29, 1.82) is 0 Å². The zero-order valence-electron chi connectivity index (χ0n) is 31.3. The number of hydrogen-bond acceptors (Lipinski definition) is 4. The highest BCUT2D eigenvalue weighted by Crippen LogP contribution is 2.39. The van der Waals surface area contributed by atoms with Gasteiger partial charge in [-0.25, -0.2) is 15.0 Å². The Balaban J connectivity index is 1.01. The van der Waals surface area contributed by atoms with E-state index in [0.29, 0.717) is 5.84 Å². The summed E-state index contributed by atoms with van der Waals surface area (Å²) in [4.78, 5) is 15.5. The van der Waals surface area contributed by atoms with Crippen molar-refractivity contribution in [2.75, 3.05) is 0 Å². The lowest BCUT2D eigenvalue weighted by Crippen LogP contribution is -2.33. The minimum Gasteiger partial charge on any atom is -0.344 e. The molecule has 6 heteroatoms. The molecule has 6 nitrogen and oxygen atoms in total. The maximum absolute atomic E-state index is 5.22. The SMILES string of the molecule is c1ccc(-n2c3ccccc3c3cc4c5ccccc5n(-c5ccc(C6=NC(c7ccc8ccccc8c7)NC(c7ccc8ccccc8c7)=N6)cn5)c4cc32)cc1. The fraction of sp³-hybridized carbons (Fsp3) is 0.0192. The molecule has 1 atom stereocenters. The van der Waals surface area contributed by atoms with Crippen LogP contribution in [0.1, 0.15) is 22.9 Å². The zero-order valence-corrected chi connectivity index (χ0v) is 31.3. The lowest BCUT2D eigenvalue weighted by Gasteiger charge is -2.24. The van der Waals surface area contributed by atoms with Gasteiger partial charge in [-0.1, -0.05) is 127 Å². The molecule has 1 N–H and O–H groups in total. The Kier molecular flexibility index (Phi) is 7.19. The van der Waals surface area contributed by atoms with Crippen LogP contribution in [0.15, 0.2) is 204 Å². The number of pyridine rings is 1. The third-order valence-electron chi connectivity index (χ3n) is 11.6. The van der Waals surface area contributed by atoms with Crippen LogP contribution in [0, 0.1) is 0 Å². The van der Waals surface area contributed by atoms with Gasteiger partial charge in [0.05, 0.1) is 22.1 Å². The summed E-state index contributed by atoms with van der Waals surface area (Å²) in [6.07, 6.45) is 1.58. The van der Waals surface area contributed by atoms with E-state index in [0.717, 1.165) is 56.0 Å². The molecule has 272 valence electrons. The van der Waals surface area contributed by atoms with Crippen LogP contribution in [-0.2, 0) is 0 Å². The maximum Gasteiger partial charge on any atom is 0.160 e. The summed E-state index contributed by atoms with van der Waals surface area (Å²) >= 11 is 0. The van der Waals surface area contributed by atoms with Gasteiger partial charge in [0.1, 0.15) is 17.8 Å². The second kappa shape index (κ2) is 12.9. The van der Waals surface area contributed by atoms with Crippen LogP contribution < -0.4 is 5.32 Å². The molecular weight excluding hydrogens is 709 g/mol. The smallest absolute Gasteiger partial charge is 0.160 e. The molecule has 0 spiro atoms. The maximum atomic E-state index is 5.22. The van der Waals surface area contributed by atoms with E-state index in [4.69, 9.17) is 15.0 Å². The third kappa shape index (κ3) is 5.16. The normalized spacial score (nSPS) is 14.4. The van der Waals surface area contributed by atoms with Crippen LogP contribution in [0.4, 0.5) is 0 Å². The van der Waals surface area contributed by atoms with Gasteiger partial charge in [-0.15, -0.1) is 0 Å². The molecule has 0 saturated heterocycles. The number of aromatic nitrogens is 3. The second-order valence-corrected chi connectivity index (χ2v) is 15.0. The van der Waals surface area contributed by atoms with Crippen molar-refractivity contribution in [1.82, 2.24) is 19.4 Å². The standard InChI is InChI=1S/C52H34N6/c1-2-16-40(17-3-1)57-45-20-10-8-18-41(45)43-30-44-42-19-9-11-21-46(42)58(48(44)31-47(43)57)49-27-26-39(32-53-49)52-55-50(37-24-22-33-12-4-6-14-35(33)28-37)54-51(56-52)38-25-23-34-13-5-7-15-36(34)29-38/h1-32,50H,(H,54,55,56). The predicted molar refractivity (Wildman–Crippen MR) is 240 cm³/mol. The highest BCUT2D eigenvalue weighted by Gasteiger charge is 2.23. The van der Waals surface area contributed by atoms with Crippen molar-refractivity contribution < 1.29 is 0 Å². The minimum atomic E-state index is -0.339. The van der Waals surface area contributed by atoms with Gasteiger partial charge < -0.3 is 9.88 Å². The number of benzene rings is 8. The van der Waals surface area contributed by atoms with Gasteiger partial charge in [-0.05, 0) is 87.8 Å². The van der Waals surface area contributed by atoms with Gasteiger partial charge in [0.15, 0.2) is 5.84 Å². The average molecular weight is 743 g/mol. The molecule has 11 aromatic rings. The summed E-state index contributed by atoms with van der Waals surface area (Å²) in [5.74, 6) is 2.24. The molecule has 1 aliphatic heterocycles. The highest BCUT2D eigenvalue weighted by atomic mass is 15.2.